The van der Waals surface area contributed by atoms with Crippen LogP contribution in [0.1, 0.15) is 72.7 Å². The fraction of sp³-hybridized carbons (Fsp3) is 0.444. The van der Waals surface area contributed by atoms with Gasteiger partial charge in [0.15, 0.2) is 0 Å². The molecule has 4 rings (SSSR count). The minimum absolute atomic E-state index is 0.105. The van der Waals surface area contributed by atoms with Gasteiger partial charge in [0.1, 0.15) is 11.4 Å². The standard InChI is InChI=1S/C27H28ClF4N3O3/c1-4-34(22-8-7-17(13-21(22)28)24(37)35-15(2)5-6-16(35)3)25(38)26(9-10-26)33-23(36)18-11-19(27(30,31)32)14-20(29)12-18/h7-8,11-16H,4-6,9-10H2,1-3H3,(H,33,36)/t15-,16-/m1/s1. The Hall–Kier alpha value is -3.14. The van der Waals surface area contributed by atoms with Crippen molar-refractivity contribution < 1.29 is 31.9 Å². The Labute approximate surface area is 222 Å². The molecule has 0 unspecified atom stereocenters. The van der Waals surface area contributed by atoms with Gasteiger partial charge in [0.05, 0.1) is 16.3 Å². The summed E-state index contributed by atoms with van der Waals surface area (Å²) in [5.41, 5.74) is -2.46. The molecule has 38 heavy (non-hydrogen) atoms. The van der Waals surface area contributed by atoms with Crippen LogP contribution in [0.5, 0.6) is 0 Å². The molecule has 1 saturated carbocycles. The van der Waals surface area contributed by atoms with E-state index < -0.39 is 40.5 Å². The summed E-state index contributed by atoms with van der Waals surface area (Å²) in [6.45, 7) is 5.88. The lowest BCUT2D eigenvalue weighted by Crippen LogP contribution is -2.51. The minimum Gasteiger partial charge on any atom is -0.338 e. The molecule has 0 aromatic heterocycles. The number of likely N-dealkylation sites (tertiary alicyclic amines) is 1. The lowest BCUT2D eigenvalue weighted by Gasteiger charge is -2.29. The smallest absolute Gasteiger partial charge is 0.338 e. The van der Waals surface area contributed by atoms with Crippen LogP contribution in [0.2, 0.25) is 5.02 Å². The summed E-state index contributed by atoms with van der Waals surface area (Å²) in [5, 5.41) is 2.68. The summed E-state index contributed by atoms with van der Waals surface area (Å²) in [7, 11) is 0. The molecule has 204 valence electrons. The van der Waals surface area contributed by atoms with Gasteiger partial charge in [0, 0.05) is 29.8 Å². The molecule has 2 aromatic carbocycles. The van der Waals surface area contributed by atoms with Crippen molar-refractivity contribution in [1.82, 2.24) is 10.2 Å². The van der Waals surface area contributed by atoms with Crippen LogP contribution < -0.4 is 10.2 Å². The highest BCUT2D eigenvalue weighted by atomic mass is 35.5. The summed E-state index contributed by atoms with van der Waals surface area (Å²) in [6, 6.07) is 6.43. The van der Waals surface area contributed by atoms with Crippen LogP contribution >= 0.6 is 11.6 Å². The first-order chi connectivity index (χ1) is 17.8. The van der Waals surface area contributed by atoms with Gasteiger partial charge in [0.25, 0.3) is 17.7 Å². The summed E-state index contributed by atoms with van der Waals surface area (Å²) in [5.74, 6) is -2.85. The second-order valence-electron chi connectivity index (χ2n) is 9.97. The lowest BCUT2D eigenvalue weighted by atomic mass is 10.1. The Bertz CT molecular complexity index is 1270. The molecule has 2 aliphatic rings. The van der Waals surface area contributed by atoms with Crippen LogP contribution in [-0.2, 0) is 11.0 Å². The van der Waals surface area contributed by atoms with Gasteiger partial charge in [-0.1, -0.05) is 11.6 Å². The maximum Gasteiger partial charge on any atom is 0.416 e. The maximum atomic E-state index is 13.8. The van der Waals surface area contributed by atoms with Gasteiger partial charge in [-0.05, 0) is 82.9 Å². The van der Waals surface area contributed by atoms with E-state index in [1.54, 1.807) is 19.1 Å². The Morgan fingerprint density at radius 3 is 2.21 bits per heavy atom. The molecule has 0 spiro atoms. The van der Waals surface area contributed by atoms with Crippen molar-refractivity contribution in [3.05, 3.63) is 63.9 Å². The molecular formula is C27H28ClF4N3O3. The molecule has 1 saturated heterocycles. The number of amides is 3. The molecule has 11 heteroatoms. The highest BCUT2D eigenvalue weighted by molar-refractivity contribution is 6.34. The van der Waals surface area contributed by atoms with E-state index in [2.05, 4.69) is 5.32 Å². The Balaban J connectivity index is 1.54. The number of benzene rings is 2. The van der Waals surface area contributed by atoms with E-state index in [-0.39, 0.29) is 42.4 Å². The van der Waals surface area contributed by atoms with Gasteiger partial charge < -0.3 is 15.1 Å². The zero-order valence-electron chi connectivity index (χ0n) is 21.2. The average Bonchev–Trinajstić information content (AvgIpc) is 3.55. The predicted molar refractivity (Wildman–Crippen MR) is 135 cm³/mol. The monoisotopic (exact) mass is 553 g/mol. The van der Waals surface area contributed by atoms with E-state index in [4.69, 9.17) is 11.6 Å². The topological polar surface area (TPSA) is 69.7 Å². The Morgan fingerprint density at radius 1 is 1.05 bits per heavy atom. The molecule has 2 atom stereocenters. The third kappa shape index (κ3) is 5.36. The van der Waals surface area contributed by atoms with Crippen molar-refractivity contribution in [2.75, 3.05) is 11.4 Å². The Morgan fingerprint density at radius 2 is 1.68 bits per heavy atom. The van der Waals surface area contributed by atoms with Crippen LogP contribution in [-0.4, -0.2) is 46.8 Å². The maximum absolute atomic E-state index is 13.8. The SMILES string of the molecule is CCN(C(=O)C1(NC(=O)c2cc(F)cc(C(F)(F)F)c2)CC1)c1ccc(C(=O)N2[C@H](C)CC[C@H]2C)cc1Cl. The van der Waals surface area contributed by atoms with Crippen LogP contribution in [0.25, 0.3) is 0 Å². The number of carbonyl (C=O) groups excluding carboxylic acids is 3. The van der Waals surface area contributed by atoms with Gasteiger partial charge in [-0.15, -0.1) is 0 Å². The van der Waals surface area contributed by atoms with Gasteiger partial charge >= 0.3 is 6.18 Å². The molecular weight excluding hydrogens is 526 g/mol. The van der Waals surface area contributed by atoms with E-state index in [0.717, 1.165) is 12.8 Å². The second-order valence-corrected chi connectivity index (χ2v) is 10.4. The second kappa shape index (κ2) is 10.2. The third-order valence-electron chi connectivity index (χ3n) is 7.23. The van der Waals surface area contributed by atoms with Crippen molar-refractivity contribution in [1.29, 1.82) is 0 Å². The van der Waals surface area contributed by atoms with Crippen molar-refractivity contribution in [3.63, 3.8) is 0 Å². The highest BCUT2D eigenvalue weighted by Crippen LogP contribution is 2.40. The van der Waals surface area contributed by atoms with Crippen LogP contribution in [0.15, 0.2) is 36.4 Å². The summed E-state index contributed by atoms with van der Waals surface area (Å²) in [4.78, 5) is 42.5. The van der Waals surface area contributed by atoms with Crippen molar-refractivity contribution in [3.8, 4) is 0 Å². The zero-order valence-corrected chi connectivity index (χ0v) is 21.9. The zero-order chi connectivity index (χ0) is 28.0. The van der Waals surface area contributed by atoms with E-state index in [0.29, 0.717) is 29.4 Å². The molecule has 2 aromatic rings. The molecule has 1 heterocycles. The predicted octanol–water partition coefficient (Wildman–Crippen LogP) is 5.83. The summed E-state index contributed by atoms with van der Waals surface area (Å²) < 4.78 is 53.0. The molecule has 1 N–H and O–H groups in total. The molecule has 1 aliphatic heterocycles. The lowest BCUT2D eigenvalue weighted by molar-refractivity contribution is -0.137. The van der Waals surface area contributed by atoms with Crippen LogP contribution in [0, 0.1) is 5.82 Å². The number of nitrogens with zero attached hydrogens (tertiary/aromatic N) is 2. The summed E-state index contributed by atoms with van der Waals surface area (Å²) >= 11 is 6.52. The van der Waals surface area contributed by atoms with E-state index in [1.807, 2.05) is 18.7 Å². The van der Waals surface area contributed by atoms with Gasteiger partial charge in [-0.3, -0.25) is 14.4 Å². The van der Waals surface area contributed by atoms with Crippen LogP contribution in [0.3, 0.4) is 0 Å². The third-order valence-corrected chi connectivity index (χ3v) is 7.54. The number of carbonyl (C=O) groups is 3. The van der Waals surface area contributed by atoms with Crippen molar-refractivity contribution >= 4 is 35.0 Å². The fourth-order valence-electron chi connectivity index (χ4n) is 4.98. The molecule has 0 bridgehead atoms. The van der Waals surface area contributed by atoms with E-state index in [9.17, 15) is 31.9 Å². The Kier molecular flexibility index (Phi) is 7.49. The fourth-order valence-corrected chi connectivity index (χ4v) is 5.26. The number of hydrogen-bond acceptors (Lipinski definition) is 3. The first-order valence-corrected chi connectivity index (χ1v) is 12.8. The minimum atomic E-state index is -4.83. The number of likely N-dealkylation sites (N-methyl/N-ethyl adjacent to an activating group) is 1. The normalized spacial score (nSPS) is 20.3. The molecule has 6 nitrogen and oxygen atoms in total. The number of anilines is 1. The van der Waals surface area contributed by atoms with Crippen LogP contribution in [0.4, 0.5) is 23.2 Å². The molecule has 1 aliphatic carbocycles. The molecule has 3 amide bonds. The number of alkyl halides is 3. The van der Waals surface area contributed by atoms with Gasteiger partial charge in [-0.2, -0.15) is 13.2 Å². The molecule has 2 fully saturated rings. The average molecular weight is 554 g/mol. The highest BCUT2D eigenvalue weighted by Gasteiger charge is 2.53. The van der Waals surface area contributed by atoms with Crippen molar-refractivity contribution in [2.24, 2.45) is 0 Å². The largest absolute Gasteiger partial charge is 0.416 e. The number of halogens is 5. The van der Waals surface area contributed by atoms with Gasteiger partial charge in [0.2, 0.25) is 0 Å². The number of hydrogen-bond donors (Lipinski definition) is 1. The number of nitrogens with one attached hydrogen (secondary N) is 1. The first kappa shape index (κ1) is 27.9. The number of rotatable bonds is 6. The molecule has 0 radical (unpaired) electrons. The quantitative estimate of drug-likeness (QED) is 0.458. The first-order valence-electron chi connectivity index (χ1n) is 12.4. The summed E-state index contributed by atoms with van der Waals surface area (Å²) in [6.07, 6.45) is -2.49. The van der Waals surface area contributed by atoms with E-state index in [1.165, 1.54) is 11.0 Å². The van der Waals surface area contributed by atoms with E-state index >= 15 is 0 Å². The van der Waals surface area contributed by atoms with Crippen molar-refractivity contribution in [2.45, 2.75) is 70.3 Å². The van der Waals surface area contributed by atoms with Gasteiger partial charge in [-0.25, -0.2) is 4.39 Å².